The van der Waals surface area contributed by atoms with Crippen molar-refractivity contribution in [1.82, 2.24) is 9.71 Å². The number of hydrogen-bond acceptors (Lipinski definition) is 8. The normalized spacial score (nSPS) is 14.8. The van der Waals surface area contributed by atoms with Crippen LogP contribution in [0.15, 0.2) is 96.2 Å². The molecule has 224 valence electrons. The van der Waals surface area contributed by atoms with E-state index < -0.39 is 28.8 Å². The third-order valence-corrected chi connectivity index (χ3v) is 8.00. The van der Waals surface area contributed by atoms with Crippen molar-refractivity contribution in [2.75, 3.05) is 11.5 Å². The maximum Gasteiger partial charge on any atom is 0.387 e. The summed E-state index contributed by atoms with van der Waals surface area (Å²) in [6, 6.07) is 20.0. The van der Waals surface area contributed by atoms with Gasteiger partial charge >= 0.3 is 6.61 Å². The Balaban J connectivity index is 1.44. The summed E-state index contributed by atoms with van der Waals surface area (Å²) in [5, 5.41) is 0.214. The SMILES string of the molecule is O=C(NS(=O)(=O)c1cccc(Cl)c1)c1ccc(N(Cc2cccnc2)c2ccc(OC(F)F)c(OC3CCCO3)c2)cc1. The van der Waals surface area contributed by atoms with E-state index in [1.165, 1.54) is 42.5 Å². The maximum atomic E-state index is 13.1. The lowest BCUT2D eigenvalue weighted by Crippen LogP contribution is -2.30. The predicted molar refractivity (Wildman–Crippen MR) is 155 cm³/mol. The summed E-state index contributed by atoms with van der Waals surface area (Å²) in [7, 11) is -4.16. The van der Waals surface area contributed by atoms with Crippen LogP contribution in [0.5, 0.6) is 11.5 Å². The topological polar surface area (TPSA) is 107 Å². The minimum absolute atomic E-state index is 0.0862. The monoisotopic (exact) mass is 629 g/mol. The van der Waals surface area contributed by atoms with Crippen molar-refractivity contribution in [2.24, 2.45) is 0 Å². The Bertz CT molecular complexity index is 1670. The van der Waals surface area contributed by atoms with Crippen molar-refractivity contribution in [2.45, 2.75) is 37.2 Å². The van der Waals surface area contributed by atoms with E-state index in [2.05, 4.69) is 4.98 Å². The molecule has 1 saturated heterocycles. The van der Waals surface area contributed by atoms with Crippen LogP contribution in [0.3, 0.4) is 0 Å². The number of carbonyl (C=O) groups excluding carboxylic acids is 1. The molecular formula is C30H26ClF2N3O6S. The van der Waals surface area contributed by atoms with Gasteiger partial charge in [-0.15, -0.1) is 0 Å². The summed E-state index contributed by atoms with van der Waals surface area (Å²) < 4.78 is 69.8. The van der Waals surface area contributed by atoms with Gasteiger partial charge in [0.2, 0.25) is 0 Å². The molecule has 13 heteroatoms. The number of aromatic nitrogens is 1. The smallest absolute Gasteiger partial charge is 0.387 e. The Kier molecular flexibility index (Phi) is 9.39. The first-order valence-electron chi connectivity index (χ1n) is 13.1. The summed E-state index contributed by atoms with van der Waals surface area (Å²) in [6.07, 6.45) is 4.12. The molecule has 1 amide bonds. The number of nitrogens with one attached hydrogen (secondary N) is 1. The number of carbonyl (C=O) groups is 1. The molecule has 1 aliphatic rings. The van der Waals surface area contributed by atoms with Crippen LogP contribution in [0.1, 0.15) is 28.8 Å². The van der Waals surface area contributed by atoms with E-state index in [4.69, 9.17) is 25.8 Å². The molecule has 3 aromatic carbocycles. The molecule has 43 heavy (non-hydrogen) atoms. The van der Waals surface area contributed by atoms with Gasteiger partial charge < -0.3 is 19.1 Å². The quantitative estimate of drug-likeness (QED) is 0.206. The number of ether oxygens (including phenoxy) is 3. The standard InChI is InChI=1S/C30H26ClF2N3O6S/c31-22-5-1-6-25(16-22)43(38,39)35-29(37)21-8-10-23(11-9-21)36(19-20-4-2-14-34-18-20)24-12-13-26(42-30(32)33)27(17-24)41-28-7-3-15-40-28/h1-2,4-6,8-14,16-18,28,30H,3,7,15,19H2,(H,35,37). The number of benzene rings is 3. The van der Waals surface area contributed by atoms with Crippen LogP contribution in [0.25, 0.3) is 0 Å². The van der Waals surface area contributed by atoms with Gasteiger partial charge in [0.05, 0.1) is 11.5 Å². The van der Waals surface area contributed by atoms with Crippen LogP contribution < -0.4 is 19.1 Å². The van der Waals surface area contributed by atoms with Gasteiger partial charge in [0, 0.05) is 53.4 Å². The maximum absolute atomic E-state index is 13.1. The van der Waals surface area contributed by atoms with E-state index >= 15 is 0 Å². The minimum Gasteiger partial charge on any atom is -0.461 e. The van der Waals surface area contributed by atoms with Crippen LogP contribution in [0.2, 0.25) is 5.02 Å². The number of amides is 1. The summed E-state index contributed by atoms with van der Waals surface area (Å²) in [4.78, 5) is 18.7. The van der Waals surface area contributed by atoms with Gasteiger partial charge in [-0.25, -0.2) is 13.1 Å². The Morgan fingerprint density at radius 1 is 1.05 bits per heavy atom. The second-order valence-electron chi connectivity index (χ2n) is 9.46. The molecule has 0 bridgehead atoms. The molecule has 1 unspecified atom stereocenters. The van der Waals surface area contributed by atoms with Crippen molar-refractivity contribution in [3.05, 3.63) is 107 Å². The molecule has 0 saturated carbocycles. The molecule has 0 spiro atoms. The first-order valence-corrected chi connectivity index (χ1v) is 15.0. The lowest BCUT2D eigenvalue weighted by atomic mass is 10.1. The van der Waals surface area contributed by atoms with Crippen molar-refractivity contribution in [3.63, 3.8) is 0 Å². The molecule has 9 nitrogen and oxygen atoms in total. The van der Waals surface area contributed by atoms with E-state index in [1.54, 1.807) is 42.7 Å². The summed E-state index contributed by atoms with van der Waals surface area (Å²) >= 11 is 5.90. The van der Waals surface area contributed by atoms with Gasteiger partial charge in [0.15, 0.2) is 17.8 Å². The average molecular weight is 630 g/mol. The fraction of sp³-hybridized carbons (Fsp3) is 0.200. The molecule has 1 N–H and O–H groups in total. The third-order valence-electron chi connectivity index (χ3n) is 6.44. The van der Waals surface area contributed by atoms with Crippen molar-refractivity contribution in [1.29, 1.82) is 0 Å². The zero-order valence-electron chi connectivity index (χ0n) is 22.5. The molecule has 0 aliphatic carbocycles. The average Bonchev–Trinajstić information content (AvgIpc) is 3.50. The van der Waals surface area contributed by atoms with E-state index in [-0.39, 0.29) is 27.0 Å². The number of anilines is 2. The predicted octanol–water partition coefficient (Wildman–Crippen LogP) is 6.31. The molecule has 0 radical (unpaired) electrons. The Morgan fingerprint density at radius 3 is 2.51 bits per heavy atom. The van der Waals surface area contributed by atoms with Crippen LogP contribution in [0, 0.1) is 0 Å². The summed E-state index contributed by atoms with van der Waals surface area (Å²) in [5.74, 6) is -0.877. The van der Waals surface area contributed by atoms with Crippen LogP contribution in [-0.2, 0) is 21.3 Å². The zero-order chi connectivity index (χ0) is 30.4. The fourth-order valence-corrected chi connectivity index (χ4v) is 5.68. The van der Waals surface area contributed by atoms with Crippen LogP contribution >= 0.6 is 11.6 Å². The van der Waals surface area contributed by atoms with Crippen LogP contribution in [0.4, 0.5) is 20.2 Å². The van der Waals surface area contributed by atoms with Gasteiger partial charge in [-0.05, 0) is 72.6 Å². The number of rotatable bonds is 11. The molecular weight excluding hydrogens is 604 g/mol. The Labute approximate surface area is 252 Å². The molecule has 2 heterocycles. The van der Waals surface area contributed by atoms with Gasteiger partial charge in [0.1, 0.15) is 0 Å². The minimum atomic E-state index is -4.16. The fourth-order valence-electron chi connectivity index (χ4n) is 4.41. The third kappa shape index (κ3) is 7.78. The zero-order valence-corrected chi connectivity index (χ0v) is 24.1. The number of nitrogens with zero attached hydrogens (tertiary/aromatic N) is 2. The van der Waals surface area contributed by atoms with Gasteiger partial charge in [-0.3, -0.25) is 9.78 Å². The van der Waals surface area contributed by atoms with Crippen molar-refractivity contribution in [3.8, 4) is 11.5 Å². The van der Waals surface area contributed by atoms with E-state index in [0.29, 0.717) is 30.9 Å². The molecule has 1 fully saturated rings. The second-order valence-corrected chi connectivity index (χ2v) is 11.6. The summed E-state index contributed by atoms with van der Waals surface area (Å²) in [6.45, 7) is -2.23. The Hall–Kier alpha value is -4.26. The summed E-state index contributed by atoms with van der Waals surface area (Å²) in [5.41, 5.74) is 2.12. The van der Waals surface area contributed by atoms with Crippen LogP contribution in [-0.4, -0.2) is 38.8 Å². The highest BCUT2D eigenvalue weighted by Crippen LogP contribution is 2.38. The number of halogens is 3. The van der Waals surface area contributed by atoms with Gasteiger partial charge in [-0.2, -0.15) is 8.78 Å². The molecule has 1 atom stereocenters. The Morgan fingerprint density at radius 2 is 1.84 bits per heavy atom. The highest BCUT2D eigenvalue weighted by atomic mass is 35.5. The van der Waals surface area contributed by atoms with Crippen molar-refractivity contribution >= 4 is 38.9 Å². The first kappa shape index (κ1) is 30.2. The lowest BCUT2D eigenvalue weighted by molar-refractivity contribution is -0.0632. The lowest BCUT2D eigenvalue weighted by Gasteiger charge is -2.27. The number of alkyl halides is 2. The highest BCUT2D eigenvalue weighted by Gasteiger charge is 2.23. The number of hydrogen-bond donors (Lipinski definition) is 1. The number of sulfonamides is 1. The van der Waals surface area contributed by atoms with Gasteiger partial charge in [-0.1, -0.05) is 23.7 Å². The van der Waals surface area contributed by atoms with Gasteiger partial charge in [0.25, 0.3) is 15.9 Å². The van der Waals surface area contributed by atoms with E-state index in [1.807, 2.05) is 15.7 Å². The molecule has 4 aromatic rings. The molecule has 1 aliphatic heterocycles. The van der Waals surface area contributed by atoms with E-state index in [9.17, 15) is 22.0 Å². The van der Waals surface area contributed by atoms with E-state index in [0.717, 1.165) is 12.0 Å². The first-order chi connectivity index (χ1) is 20.7. The number of pyridine rings is 1. The largest absolute Gasteiger partial charge is 0.461 e. The molecule has 5 rings (SSSR count). The molecule has 1 aromatic heterocycles. The second kappa shape index (κ2) is 13.4. The van der Waals surface area contributed by atoms with Crippen molar-refractivity contribution < 1.29 is 36.2 Å². The highest BCUT2D eigenvalue weighted by molar-refractivity contribution is 7.90.